The van der Waals surface area contributed by atoms with Gasteiger partial charge in [0.25, 0.3) is 9.05 Å². The minimum Gasteiger partial charge on any atom is -0.449 e. The Morgan fingerprint density at radius 2 is 1.82 bits per heavy atom. The van der Waals surface area contributed by atoms with E-state index in [-0.39, 0.29) is 4.90 Å². The minimum absolute atomic E-state index is 0.0573. The van der Waals surface area contributed by atoms with E-state index >= 15 is 0 Å². The maximum Gasteiger partial charge on any atom is 0.261 e. The Labute approximate surface area is 105 Å². The first kappa shape index (κ1) is 12.5. The Hall–Kier alpha value is -0.940. The number of benzene rings is 1. The van der Waals surface area contributed by atoms with Crippen LogP contribution in [-0.4, -0.2) is 14.2 Å². The molecule has 2 rings (SSSR count). The van der Waals surface area contributed by atoms with Crippen molar-refractivity contribution in [2.75, 3.05) is 0 Å². The van der Waals surface area contributed by atoms with Gasteiger partial charge in [0, 0.05) is 30.1 Å². The van der Waals surface area contributed by atoms with Crippen molar-refractivity contribution in [1.82, 2.24) is 0 Å². The molecule has 1 aromatic carbocycles. The summed E-state index contributed by atoms with van der Waals surface area (Å²) >= 11 is 0. The van der Waals surface area contributed by atoms with Crippen LogP contribution in [0.2, 0.25) is 0 Å². The van der Waals surface area contributed by atoms with Crippen molar-refractivity contribution in [3.05, 3.63) is 17.7 Å². The van der Waals surface area contributed by atoms with Crippen LogP contribution < -0.4 is 9.47 Å². The van der Waals surface area contributed by atoms with Gasteiger partial charge in [0.2, 0.25) is 5.79 Å². The van der Waals surface area contributed by atoms with E-state index in [0.29, 0.717) is 23.5 Å². The first-order valence-electron chi connectivity index (χ1n) is 5.22. The molecule has 0 amide bonds. The quantitative estimate of drug-likeness (QED) is 0.780. The zero-order chi connectivity index (χ0) is 12.8. The van der Waals surface area contributed by atoms with Gasteiger partial charge in [0.15, 0.2) is 11.5 Å². The molecule has 0 radical (unpaired) electrons. The first-order chi connectivity index (χ1) is 7.75. The van der Waals surface area contributed by atoms with E-state index in [1.54, 1.807) is 19.9 Å². The normalized spacial score (nSPS) is 22.8. The van der Waals surface area contributed by atoms with Crippen LogP contribution >= 0.6 is 10.7 Å². The van der Waals surface area contributed by atoms with Crippen LogP contribution in [0.15, 0.2) is 17.0 Å². The van der Waals surface area contributed by atoms with E-state index in [0.717, 1.165) is 0 Å². The van der Waals surface area contributed by atoms with Gasteiger partial charge in [0.1, 0.15) is 0 Å². The zero-order valence-corrected chi connectivity index (χ0v) is 11.4. The highest BCUT2D eigenvalue weighted by molar-refractivity contribution is 8.13. The molecule has 0 aromatic heterocycles. The predicted octanol–water partition coefficient (Wildman–Crippen LogP) is 2.82. The number of aryl methyl sites for hydroxylation is 1. The van der Waals surface area contributed by atoms with E-state index in [2.05, 4.69) is 0 Å². The summed E-state index contributed by atoms with van der Waals surface area (Å²) in [6.45, 7) is 5.40. The molecule has 6 heteroatoms. The monoisotopic (exact) mass is 276 g/mol. The van der Waals surface area contributed by atoms with Crippen LogP contribution in [0.3, 0.4) is 0 Å². The maximum atomic E-state index is 11.4. The second kappa shape index (κ2) is 3.78. The number of rotatable bonds is 2. The summed E-state index contributed by atoms with van der Waals surface area (Å²) in [5.74, 6) is 0.235. The molecule has 0 N–H and O–H groups in total. The standard InChI is InChI=1S/C11H13ClO4S/c1-4-11(3)15-8-5-7(2)10(17(12,13)14)6-9(8)16-11/h5-6H,4H2,1-3H3. The zero-order valence-electron chi connectivity index (χ0n) is 9.78. The van der Waals surface area contributed by atoms with Crippen molar-refractivity contribution in [3.63, 3.8) is 0 Å². The second-order valence-electron chi connectivity index (χ2n) is 4.19. The Morgan fingerprint density at radius 1 is 1.29 bits per heavy atom. The molecule has 17 heavy (non-hydrogen) atoms. The third kappa shape index (κ3) is 2.21. The molecule has 0 aliphatic carbocycles. The summed E-state index contributed by atoms with van der Waals surface area (Å²) in [6.07, 6.45) is 0.656. The van der Waals surface area contributed by atoms with E-state index in [9.17, 15) is 8.42 Å². The lowest BCUT2D eigenvalue weighted by atomic mass is 10.2. The molecule has 1 aliphatic rings. The average molecular weight is 277 g/mol. The third-order valence-corrected chi connectivity index (χ3v) is 4.26. The van der Waals surface area contributed by atoms with E-state index in [1.807, 2.05) is 6.92 Å². The van der Waals surface area contributed by atoms with Gasteiger partial charge in [-0.1, -0.05) is 6.92 Å². The molecule has 0 bridgehead atoms. The van der Waals surface area contributed by atoms with Crippen molar-refractivity contribution in [2.45, 2.75) is 37.9 Å². The Bertz CT molecular complexity index is 567. The molecular weight excluding hydrogens is 264 g/mol. The molecule has 4 nitrogen and oxygen atoms in total. The SMILES string of the molecule is CCC1(C)Oc2cc(C)c(S(=O)(=O)Cl)cc2O1. The topological polar surface area (TPSA) is 52.6 Å². The molecule has 1 heterocycles. The lowest BCUT2D eigenvalue weighted by Crippen LogP contribution is -2.33. The maximum absolute atomic E-state index is 11.4. The Morgan fingerprint density at radius 3 is 2.29 bits per heavy atom. The number of ether oxygens (including phenoxy) is 2. The van der Waals surface area contributed by atoms with Crippen molar-refractivity contribution < 1.29 is 17.9 Å². The van der Waals surface area contributed by atoms with Crippen LogP contribution in [0, 0.1) is 6.92 Å². The smallest absolute Gasteiger partial charge is 0.261 e. The lowest BCUT2D eigenvalue weighted by Gasteiger charge is -2.20. The summed E-state index contributed by atoms with van der Waals surface area (Å²) in [5, 5.41) is 0. The van der Waals surface area contributed by atoms with Gasteiger partial charge in [-0.3, -0.25) is 0 Å². The van der Waals surface area contributed by atoms with Gasteiger partial charge < -0.3 is 9.47 Å². The summed E-state index contributed by atoms with van der Waals surface area (Å²) in [6, 6.07) is 3.04. The van der Waals surface area contributed by atoms with Crippen molar-refractivity contribution in [1.29, 1.82) is 0 Å². The van der Waals surface area contributed by atoms with E-state index < -0.39 is 14.8 Å². The molecule has 0 fully saturated rings. The van der Waals surface area contributed by atoms with Crippen LogP contribution in [0.25, 0.3) is 0 Å². The summed E-state index contributed by atoms with van der Waals surface area (Å²) in [5.41, 5.74) is 0.544. The minimum atomic E-state index is -3.76. The van der Waals surface area contributed by atoms with E-state index in [4.69, 9.17) is 20.2 Å². The van der Waals surface area contributed by atoms with Gasteiger partial charge in [0.05, 0.1) is 4.90 Å². The Balaban J connectivity index is 2.52. The van der Waals surface area contributed by atoms with Gasteiger partial charge in [-0.05, 0) is 18.6 Å². The van der Waals surface area contributed by atoms with Gasteiger partial charge in [-0.15, -0.1) is 0 Å². The number of hydrogen-bond acceptors (Lipinski definition) is 4. The summed E-state index contributed by atoms with van der Waals surface area (Å²) in [4.78, 5) is 0.0573. The van der Waals surface area contributed by atoms with Crippen molar-refractivity contribution >= 4 is 19.7 Å². The second-order valence-corrected chi connectivity index (χ2v) is 6.73. The van der Waals surface area contributed by atoms with Gasteiger partial charge in [-0.25, -0.2) is 8.42 Å². The van der Waals surface area contributed by atoms with E-state index in [1.165, 1.54) is 6.07 Å². The summed E-state index contributed by atoms with van der Waals surface area (Å²) < 4.78 is 33.9. The van der Waals surface area contributed by atoms with Gasteiger partial charge >= 0.3 is 0 Å². The fourth-order valence-corrected chi connectivity index (χ4v) is 2.89. The van der Waals surface area contributed by atoms with Crippen molar-refractivity contribution in [3.8, 4) is 11.5 Å². The van der Waals surface area contributed by atoms with Crippen LogP contribution in [0.1, 0.15) is 25.8 Å². The molecule has 1 atom stereocenters. The third-order valence-electron chi connectivity index (χ3n) is 2.80. The largest absolute Gasteiger partial charge is 0.449 e. The molecule has 1 aromatic rings. The van der Waals surface area contributed by atoms with Crippen LogP contribution in [0.5, 0.6) is 11.5 Å². The molecular formula is C11H13ClO4S. The summed E-state index contributed by atoms with van der Waals surface area (Å²) in [7, 11) is 1.58. The van der Waals surface area contributed by atoms with Gasteiger partial charge in [-0.2, -0.15) is 0 Å². The number of hydrogen-bond donors (Lipinski definition) is 0. The first-order valence-corrected chi connectivity index (χ1v) is 7.53. The predicted molar refractivity (Wildman–Crippen MR) is 64.2 cm³/mol. The number of fused-ring (bicyclic) bond motifs is 1. The lowest BCUT2D eigenvalue weighted by molar-refractivity contribution is -0.0640. The average Bonchev–Trinajstić information content (AvgIpc) is 2.52. The van der Waals surface area contributed by atoms with Crippen LogP contribution in [-0.2, 0) is 9.05 Å². The molecule has 1 aliphatic heterocycles. The fraction of sp³-hybridized carbons (Fsp3) is 0.455. The van der Waals surface area contributed by atoms with Crippen molar-refractivity contribution in [2.24, 2.45) is 0 Å². The molecule has 0 spiro atoms. The highest BCUT2D eigenvalue weighted by Gasteiger charge is 2.36. The molecule has 0 saturated heterocycles. The highest BCUT2D eigenvalue weighted by Crippen LogP contribution is 2.43. The highest BCUT2D eigenvalue weighted by atomic mass is 35.7. The molecule has 94 valence electrons. The fourth-order valence-electron chi connectivity index (χ4n) is 1.70. The number of halogens is 1. The molecule has 1 unspecified atom stereocenters. The van der Waals surface area contributed by atoms with Crippen LogP contribution in [0.4, 0.5) is 0 Å². The Kier molecular flexibility index (Phi) is 2.78. The molecule has 0 saturated carbocycles.